The maximum absolute atomic E-state index is 12.4. The Balaban J connectivity index is 1.83. The number of carbonyl (C=O) groups excluding carboxylic acids is 1. The van der Waals surface area contributed by atoms with Crippen molar-refractivity contribution < 1.29 is 4.79 Å². The fraction of sp³-hybridized carbons (Fsp3) is 0.111. The molecule has 0 fully saturated rings. The molecule has 0 atom stereocenters. The Morgan fingerprint density at radius 1 is 1.17 bits per heavy atom. The molecule has 0 aliphatic carbocycles. The molecule has 4 nitrogen and oxygen atoms in total. The lowest BCUT2D eigenvalue weighted by Crippen LogP contribution is -2.13. The summed E-state index contributed by atoms with van der Waals surface area (Å²) < 4.78 is 0. The summed E-state index contributed by atoms with van der Waals surface area (Å²) in [4.78, 5) is 12.4. The Hall–Kier alpha value is -2.59. The summed E-state index contributed by atoms with van der Waals surface area (Å²) in [5.74, 6) is -0.225. The van der Waals surface area contributed by atoms with Crippen molar-refractivity contribution in [2.45, 2.75) is 13.3 Å². The number of para-hydroxylation sites is 1. The zero-order valence-electron chi connectivity index (χ0n) is 12.6. The highest BCUT2D eigenvalue weighted by atomic mass is 35.5. The van der Waals surface area contributed by atoms with Crippen molar-refractivity contribution in [1.29, 1.82) is 0 Å². The number of aryl methyl sites for hydroxylation is 1. The van der Waals surface area contributed by atoms with Crippen LogP contribution in [0, 0.1) is 0 Å². The van der Waals surface area contributed by atoms with Crippen LogP contribution in [-0.4, -0.2) is 16.1 Å². The lowest BCUT2D eigenvalue weighted by Gasteiger charge is -2.08. The van der Waals surface area contributed by atoms with E-state index in [4.69, 9.17) is 11.6 Å². The minimum Gasteiger partial charge on any atom is -0.320 e. The van der Waals surface area contributed by atoms with E-state index in [-0.39, 0.29) is 5.91 Å². The van der Waals surface area contributed by atoms with Crippen LogP contribution in [0.1, 0.15) is 23.0 Å². The molecule has 5 heteroatoms. The van der Waals surface area contributed by atoms with E-state index in [1.807, 2.05) is 42.5 Å². The van der Waals surface area contributed by atoms with E-state index in [1.54, 1.807) is 12.1 Å². The third-order valence-electron chi connectivity index (χ3n) is 3.62. The maximum atomic E-state index is 12.4. The highest BCUT2D eigenvalue weighted by Crippen LogP contribution is 2.26. The molecule has 1 heterocycles. The number of halogens is 1. The van der Waals surface area contributed by atoms with E-state index in [2.05, 4.69) is 22.4 Å². The van der Waals surface area contributed by atoms with Crippen LogP contribution in [0.2, 0.25) is 5.02 Å². The monoisotopic (exact) mass is 325 g/mol. The molecule has 2 N–H and O–H groups in total. The van der Waals surface area contributed by atoms with Crippen LogP contribution >= 0.6 is 11.6 Å². The highest BCUT2D eigenvalue weighted by Gasteiger charge is 2.13. The average molecular weight is 326 g/mol. The number of carbonyl (C=O) groups is 1. The molecule has 3 aromatic rings. The van der Waals surface area contributed by atoms with Crippen LogP contribution in [0.4, 0.5) is 5.69 Å². The van der Waals surface area contributed by atoms with E-state index in [0.29, 0.717) is 16.4 Å². The summed E-state index contributed by atoms with van der Waals surface area (Å²) >= 11 is 6.16. The number of nitrogens with one attached hydrogen (secondary N) is 2. The van der Waals surface area contributed by atoms with Crippen LogP contribution in [0.25, 0.3) is 11.3 Å². The van der Waals surface area contributed by atoms with E-state index in [1.165, 1.54) is 0 Å². The largest absolute Gasteiger partial charge is 0.320 e. The molecule has 23 heavy (non-hydrogen) atoms. The van der Waals surface area contributed by atoms with Gasteiger partial charge in [-0.2, -0.15) is 5.10 Å². The van der Waals surface area contributed by atoms with Crippen molar-refractivity contribution in [2.75, 3.05) is 5.32 Å². The molecule has 1 aromatic heterocycles. The number of rotatable bonds is 4. The Labute approximate surface area is 139 Å². The number of amides is 1. The van der Waals surface area contributed by atoms with Gasteiger partial charge in [0.2, 0.25) is 0 Å². The minimum atomic E-state index is -0.225. The number of anilines is 1. The molecule has 0 radical (unpaired) electrons. The Bertz CT molecular complexity index is 842. The van der Waals surface area contributed by atoms with E-state index < -0.39 is 0 Å². The van der Waals surface area contributed by atoms with Crippen molar-refractivity contribution in [3.05, 3.63) is 70.9 Å². The second-order valence-corrected chi connectivity index (χ2v) is 5.52. The lowest BCUT2D eigenvalue weighted by molar-refractivity contribution is 0.102. The quantitative estimate of drug-likeness (QED) is 0.739. The molecule has 2 aromatic carbocycles. The first kappa shape index (κ1) is 15.3. The van der Waals surface area contributed by atoms with Crippen molar-refractivity contribution >= 4 is 23.2 Å². The third-order valence-corrected chi connectivity index (χ3v) is 3.95. The molecule has 0 saturated heterocycles. The SMILES string of the molecule is CCc1ccccc1NC(=O)c1cc(-c2ccccc2Cl)n[nH]1. The molecule has 3 rings (SSSR count). The van der Waals surface area contributed by atoms with Crippen LogP contribution in [0.3, 0.4) is 0 Å². The number of H-pyrrole nitrogens is 1. The summed E-state index contributed by atoms with van der Waals surface area (Å²) in [7, 11) is 0. The van der Waals surface area contributed by atoms with Crippen LogP contribution in [-0.2, 0) is 6.42 Å². The second kappa shape index (κ2) is 6.67. The Morgan fingerprint density at radius 3 is 2.70 bits per heavy atom. The zero-order chi connectivity index (χ0) is 16.2. The van der Waals surface area contributed by atoms with Crippen LogP contribution in [0.5, 0.6) is 0 Å². The van der Waals surface area contributed by atoms with Gasteiger partial charge in [0.15, 0.2) is 0 Å². The van der Waals surface area contributed by atoms with Gasteiger partial charge < -0.3 is 5.32 Å². The van der Waals surface area contributed by atoms with Gasteiger partial charge >= 0.3 is 0 Å². The molecule has 0 aliphatic heterocycles. The molecule has 0 unspecified atom stereocenters. The summed E-state index contributed by atoms with van der Waals surface area (Å²) in [6, 6.07) is 16.8. The van der Waals surface area contributed by atoms with Gasteiger partial charge in [-0.15, -0.1) is 0 Å². The summed E-state index contributed by atoms with van der Waals surface area (Å²) in [6.07, 6.45) is 0.851. The summed E-state index contributed by atoms with van der Waals surface area (Å²) in [5.41, 5.74) is 3.73. The Morgan fingerprint density at radius 2 is 1.91 bits per heavy atom. The third kappa shape index (κ3) is 3.27. The predicted molar refractivity (Wildman–Crippen MR) is 92.8 cm³/mol. The van der Waals surface area contributed by atoms with E-state index in [9.17, 15) is 4.79 Å². The second-order valence-electron chi connectivity index (χ2n) is 5.11. The molecule has 0 spiro atoms. The average Bonchev–Trinajstić information content (AvgIpc) is 3.05. The number of hydrogen-bond acceptors (Lipinski definition) is 2. The summed E-state index contributed by atoms with van der Waals surface area (Å²) in [6.45, 7) is 2.05. The van der Waals surface area contributed by atoms with Gasteiger partial charge in [0, 0.05) is 11.3 Å². The summed E-state index contributed by atoms with van der Waals surface area (Å²) in [5, 5.41) is 10.5. The maximum Gasteiger partial charge on any atom is 0.273 e. The smallest absolute Gasteiger partial charge is 0.273 e. The highest BCUT2D eigenvalue weighted by molar-refractivity contribution is 6.33. The van der Waals surface area contributed by atoms with Crippen molar-refractivity contribution in [1.82, 2.24) is 10.2 Å². The van der Waals surface area contributed by atoms with Gasteiger partial charge in [-0.05, 0) is 30.2 Å². The zero-order valence-corrected chi connectivity index (χ0v) is 13.4. The lowest BCUT2D eigenvalue weighted by atomic mass is 10.1. The Kier molecular flexibility index (Phi) is 4.44. The van der Waals surface area contributed by atoms with Gasteiger partial charge in [0.25, 0.3) is 5.91 Å². The minimum absolute atomic E-state index is 0.225. The van der Waals surface area contributed by atoms with Gasteiger partial charge in [-0.1, -0.05) is 54.9 Å². The molecule has 1 amide bonds. The van der Waals surface area contributed by atoms with Crippen LogP contribution in [0.15, 0.2) is 54.6 Å². The number of aromatic amines is 1. The normalized spacial score (nSPS) is 10.5. The first-order valence-corrected chi connectivity index (χ1v) is 7.76. The molecule has 0 bridgehead atoms. The molecular formula is C18H16ClN3O. The van der Waals surface area contributed by atoms with Crippen molar-refractivity contribution in [3.8, 4) is 11.3 Å². The fourth-order valence-corrected chi connectivity index (χ4v) is 2.62. The number of hydrogen-bond donors (Lipinski definition) is 2. The van der Waals surface area contributed by atoms with E-state index in [0.717, 1.165) is 23.2 Å². The fourth-order valence-electron chi connectivity index (χ4n) is 2.39. The van der Waals surface area contributed by atoms with Gasteiger partial charge in [0.1, 0.15) is 5.69 Å². The predicted octanol–water partition coefficient (Wildman–Crippen LogP) is 4.54. The van der Waals surface area contributed by atoms with Crippen molar-refractivity contribution in [2.24, 2.45) is 0 Å². The van der Waals surface area contributed by atoms with Gasteiger partial charge in [0.05, 0.1) is 10.7 Å². The number of nitrogens with zero attached hydrogens (tertiary/aromatic N) is 1. The first-order valence-electron chi connectivity index (χ1n) is 7.38. The first-order chi connectivity index (χ1) is 11.2. The van der Waals surface area contributed by atoms with E-state index >= 15 is 0 Å². The van der Waals surface area contributed by atoms with Crippen LogP contribution < -0.4 is 5.32 Å². The topological polar surface area (TPSA) is 57.8 Å². The van der Waals surface area contributed by atoms with Gasteiger partial charge in [-0.3, -0.25) is 9.89 Å². The number of aromatic nitrogens is 2. The van der Waals surface area contributed by atoms with Crippen molar-refractivity contribution in [3.63, 3.8) is 0 Å². The number of benzene rings is 2. The molecule has 116 valence electrons. The standard InChI is InChI=1S/C18H16ClN3O/c1-2-12-7-3-6-10-15(12)20-18(23)17-11-16(21-22-17)13-8-4-5-9-14(13)19/h3-11H,2H2,1H3,(H,20,23)(H,21,22). The molecule has 0 saturated carbocycles. The van der Waals surface area contributed by atoms with Gasteiger partial charge in [-0.25, -0.2) is 0 Å². The molecule has 0 aliphatic rings. The molecular weight excluding hydrogens is 310 g/mol.